The normalized spacial score (nSPS) is 40.5. The van der Waals surface area contributed by atoms with Crippen LogP contribution in [0.25, 0.3) is 0 Å². The van der Waals surface area contributed by atoms with Crippen LogP contribution in [-0.2, 0) is 9.59 Å². The molecule has 0 spiro atoms. The van der Waals surface area contributed by atoms with E-state index in [2.05, 4.69) is 4.90 Å². The van der Waals surface area contributed by atoms with Crippen molar-refractivity contribution in [2.75, 3.05) is 0 Å². The second-order valence-corrected chi connectivity index (χ2v) is 10.9. The van der Waals surface area contributed by atoms with Crippen molar-refractivity contribution in [2.45, 2.75) is 58.0 Å². The number of nitrogens with two attached hydrogens (primary N) is 1. The van der Waals surface area contributed by atoms with Gasteiger partial charge in [-0.1, -0.05) is 35.3 Å². The lowest BCUT2D eigenvalue weighted by molar-refractivity contribution is -0.198. The van der Waals surface area contributed by atoms with Gasteiger partial charge in [0.2, 0.25) is 11.8 Å². The topological polar surface area (TPSA) is 63.4 Å². The molecule has 1 saturated heterocycles. The maximum Gasteiger partial charge on any atom is 0.231 e. The third-order valence-corrected chi connectivity index (χ3v) is 8.92. The first-order valence-corrected chi connectivity index (χ1v) is 11.0. The molecule has 1 heterocycles. The number of halogens is 2. The van der Waals surface area contributed by atoms with Crippen LogP contribution in [0, 0.1) is 28.6 Å². The van der Waals surface area contributed by atoms with E-state index >= 15 is 0 Å². The van der Waals surface area contributed by atoms with Crippen molar-refractivity contribution in [1.29, 1.82) is 0 Å². The summed E-state index contributed by atoms with van der Waals surface area (Å²) < 4.78 is 0. The van der Waals surface area contributed by atoms with Crippen molar-refractivity contribution in [2.24, 2.45) is 34.3 Å². The van der Waals surface area contributed by atoms with E-state index in [-0.39, 0.29) is 29.3 Å². The van der Waals surface area contributed by atoms with E-state index in [9.17, 15) is 9.59 Å². The van der Waals surface area contributed by atoms with Crippen LogP contribution in [0.15, 0.2) is 18.2 Å². The van der Waals surface area contributed by atoms with Crippen molar-refractivity contribution in [3.8, 4) is 0 Å². The minimum absolute atomic E-state index is 0.0849. The Bertz CT molecular complexity index is 867. The molecule has 4 bridgehead atoms. The Labute approximate surface area is 175 Å². The van der Waals surface area contributed by atoms with Crippen molar-refractivity contribution < 1.29 is 9.59 Å². The average Bonchev–Trinajstić information content (AvgIpc) is 2.62. The van der Waals surface area contributed by atoms with E-state index in [4.69, 9.17) is 28.9 Å². The van der Waals surface area contributed by atoms with E-state index in [1.54, 1.807) is 6.07 Å². The predicted molar refractivity (Wildman–Crippen MR) is 109 cm³/mol. The van der Waals surface area contributed by atoms with Crippen molar-refractivity contribution >= 4 is 35.0 Å². The molecular weight excluding hydrogens is 395 g/mol. The summed E-state index contributed by atoms with van der Waals surface area (Å²) in [6.45, 7) is 3.99. The summed E-state index contributed by atoms with van der Waals surface area (Å²) in [7, 11) is 0. The van der Waals surface area contributed by atoms with Gasteiger partial charge >= 0.3 is 0 Å². The minimum Gasteiger partial charge on any atom is -0.369 e. The zero-order valence-electron chi connectivity index (χ0n) is 16.3. The molecule has 0 aromatic heterocycles. The summed E-state index contributed by atoms with van der Waals surface area (Å²) in [5.74, 6) is 1.30. The van der Waals surface area contributed by atoms with E-state index in [1.807, 2.05) is 26.0 Å². The highest BCUT2D eigenvalue weighted by Crippen LogP contribution is 2.64. The van der Waals surface area contributed by atoms with E-state index in [1.165, 1.54) is 0 Å². The Hall–Kier alpha value is -1.26. The summed E-state index contributed by atoms with van der Waals surface area (Å²) in [5, 5.41) is 1.06. The van der Waals surface area contributed by atoms with Crippen molar-refractivity contribution in [3.63, 3.8) is 0 Å². The predicted octanol–water partition coefficient (Wildman–Crippen LogP) is 4.58. The molecule has 3 unspecified atom stereocenters. The fourth-order valence-electron chi connectivity index (χ4n) is 7.18. The Balaban J connectivity index is 1.53. The molecule has 5 aliphatic rings. The van der Waals surface area contributed by atoms with Crippen LogP contribution >= 0.6 is 23.2 Å². The fourth-order valence-corrected chi connectivity index (χ4v) is 7.59. The molecule has 0 radical (unpaired) electrons. The van der Waals surface area contributed by atoms with Crippen LogP contribution in [0.4, 0.5) is 0 Å². The highest BCUT2D eigenvalue weighted by molar-refractivity contribution is 6.42. The molecule has 150 valence electrons. The number of hydrogen-bond donors (Lipinski definition) is 1. The smallest absolute Gasteiger partial charge is 0.231 e. The molecule has 1 aromatic rings. The number of carbonyl (C=O) groups is 2. The van der Waals surface area contributed by atoms with Crippen LogP contribution < -0.4 is 5.73 Å². The number of likely N-dealkylation sites (tertiary alicyclic amines) is 1. The highest BCUT2D eigenvalue weighted by Gasteiger charge is 2.65. The van der Waals surface area contributed by atoms with Gasteiger partial charge in [0.15, 0.2) is 0 Å². The molecule has 4 aliphatic carbocycles. The average molecular weight is 421 g/mol. The monoisotopic (exact) mass is 420 g/mol. The highest BCUT2D eigenvalue weighted by atomic mass is 35.5. The lowest BCUT2D eigenvalue weighted by atomic mass is 9.46. The molecule has 4 saturated carbocycles. The number of β-lactam (4-membered cyclic amide) rings is 1. The second kappa shape index (κ2) is 5.89. The number of carbonyl (C=O) groups excluding carboxylic acids is 2. The van der Waals surface area contributed by atoms with Gasteiger partial charge in [0, 0.05) is 11.5 Å². The van der Waals surface area contributed by atoms with Crippen LogP contribution in [0.1, 0.15) is 57.6 Å². The fraction of sp³-hybridized carbons (Fsp3) is 0.636. The Morgan fingerprint density at radius 3 is 2.39 bits per heavy atom. The number of rotatable bonds is 3. The van der Waals surface area contributed by atoms with Gasteiger partial charge in [0.05, 0.1) is 21.5 Å². The standard InChI is InChI=1S/C22H26Cl2N2O2/c1-21(2)18(14-4-3-5-15(23)16(14)24)26(20(21)28)17-12-6-11-7-13(17)10-22(8-11,9-12)19(25)27/h3-5,11-13,17-18H,6-10H2,1-2H3,(H2,25,27)/t11?,12-,13?,17-,18?,22-/m0/s1. The first-order valence-electron chi connectivity index (χ1n) is 10.2. The zero-order chi connectivity index (χ0) is 20.0. The summed E-state index contributed by atoms with van der Waals surface area (Å²) in [4.78, 5) is 27.6. The molecule has 6 rings (SSSR count). The quantitative estimate of drug-likeness (QED) is 0.726. The molecule has 1 aromatic carbocycles. The first-order chi connectivity index (χ1) is 13.2. The summed E-state index contributed by atoms with van der Waals surface area (Å²) in [5.41, 5.74) is 5.90. The summed E-state index contributed by atoms with van der Waals surface area (Å²) in [6, 6.07) is 5.76. The SMILES string of the molecule is CC1(C)C(=O)N([C@@H]2C3CC4C[C@H]2C[C@@](C(N)=O)(C4)C3)C1c1cccc(Cl)c1Cl. The van der Waals surface area contributed by atoms with Crippen LogP contribution in [0.5, 0.6) is 0 Å². The number of hydrogen-bond acceptors (Lipinski definition) is 2. The van der Waals surface area contributed by atoms with E-state index < -0.39 is 5.41 Å². The maximum absolute atomic E-state index is 13.3. The molecule has 2 amide bonds. The lowest BCUT2D eigenvalue weighted by Gasteiger charge is -2.66. The number of benzene rings is 1. The van der Waals surface area contributed by atoms with Gasteiger partial charge in [-0.2, -0.15) is 0 Å². The zero-order valence-corrected chi connectivity index (χ0v) is 17.8. The van der Waals surface area contributed by atoms with Crippen LogP contribution in [0.2, 0.25) is 10.0 Å². The lowest BCUT2D eigenvalue weighted by Crippen LogP contribution is -2.71. The van der Waals surface area contributed by atoms with Gasteiger partial charge in [-0.25, -0.2) is 0 Å². The van der Waals surface area contributed by atoms with Crippen molar-refractivity contribution in [1.82, 2.24) is 4.90 Å². The van der Waals surface area contributed by atoms with E-state index in [0.717, 1.165) is 37.7 Å². The second-order valence-electron chi connectivity index (χ2n) is 10.1. The van der Waals surface area contributed by atoms with Crippen LogP contribution in [-0.4, -0.2) is 22.8 Å². The molecule has 1 aliphatic heterocycles. The van der Waals surface area contributed by atoms with Gasteiger partial charge < -0.3 is 10.6 Å². The molecule has 28 heavy (non-hydrogen) atoms. The molecule has 5 fully saturated rings. The molecule has 4 nitrogen and oxygen atoms in total. The first kappa shape index (κ1) is 18.7. The maximum atomic E-state index is 13.3. The molecule has 6 heteroatoms. The summed E-state index contributed by atoms with van der Waals surface area (Å²) >= 11 is 12.9. The van der Waals surface area contributed by atoms with Gasteiger partial charge in [0.1, 0.15) is 0 Å². The third-order valence-electron chi connectivity index (χ3n) is 8.09. The van der Waals surface area contributed by atoms with Gasteiger partial charge in [-0.3, -0.25) is 9.59 Å². The number of amides is 2. The van der Waals surface area contributed by atoms with Gasteiger partial charge in [-0.05, 0) is 75.3 Å². The minimum atomic E-state index is -0.510. The molecular formula is C22H26Cl2N2O2. The van der Waals surface area contributed by atoms with E-state index in [0.29, 0.717) is 27.8 Å². The Kier molecular flexibility index (Phi) is 3.94. The van der Waals surface area contributed by atoms with Crippen molar-refractivity contribution in [3.05, 3.63) is 33.8 Å². The van der Waals surface area contributed by atoms with Gasteiger partial charge in [0.25, 0.3) is 0 Å². The summed E-state index contributed by atoms with van der Waals surface area (Å²) in [6.07, 6.45) is 4.76. The largest absolute Gasteiger partial charge is 0.369 e. The molecule has 2 N–H and O–H groups in total. The number of nitrogens with zero attached hydrogens (tertiary/aromatic N) is 1. The Morgan fingerprint density at radius 2 is 1.79 bits per heavy atom. The number of primary amides is 1. The Morgan fingerprint density at radius 1 is 1.14 bits per heavy atom. The molecule has 6 atom stereocenters. The van der Waals surface area contributed by atoms with Crippen LogP contribution in [0.3, 0.4) is 0 Å². The van der Waals surface area contributed by atoms with Gasteiger partial charge in [-0.15, -0.1) is 0 Å². The third kappa shape index (κ3) is 2.31.